The molecule has 13 aromatic rings. The van der Waals surface area contributed by atoms with Gasteiger partial charge in [0.1, 0.15) is 5.82 Å². The molecular formula is C71H54N4OPtSi-2. The summed E-state index contributed by atoms with van der Waals surface area (Å²) in [6, 6.07) is 12.1. The van der Waals surface area contributed by atoms with E-state index in [1.165, 1.54) is 18.3 Å². The summed E-state index contributed by atoms with van der Waals surface area (Å²) in [6.45, 7) is 2.74. The van der Waals surface area contributed by atoms with Crippen molar-refractivity contribution in [2.75, 3.05) is 0 Å². The first-order valence-electron chi connectivity index (χ1n) is 37.6. The maximum absolute atomic E-state index is 10.7. The molecule has 0 atom stereocenters. The average Bonchev–Trinajstić information content (AvgIpc) is 1.37. The third kappa shape index (κ3) is 8.81. The molecular weight excluding hydrogens is 1150 g/mol. The van der Waals surface area contributed by atoms with E-state index in [2.05, 4.69) is 23.4 Å². The Labute approximate surface area is 509 Å². The summed E-state index contributed by atoms with van der Waals surface area (Å²) in [4.78, 5) is 4.65. The second-order valence-electron chi connectivity index (χ2n) is 18.7. The van der Waals surface area contributed by atoms with Crippen molar-refractivity contribution in [2.45, 2.75) is 33.0 Å². The molecule has 0 amide bonds. The van der Waals surface area contributed by atoms with Crippen LogP contribution in [0.1, 0.15) is 68.9 Å². The predicted octanol–water partition coefficient (Wildman–Crippen LogP) is 13.9. The number of para-hydroxylation sites is 4. The number of hydrogen-bond donors (Lipinski definition) is 0. The molecule has 0 fully saturated rings. The first-order chi connectivity index (χ1) is 48.9. The summed E-state index contributed by atoms with van der Waals surface area (Å²) < 4.78 is 259. The maximum Gasteiger partial charge on any atom is 0.268 e. The van der Waals surface area contributed by atoms with Crippen LogP contribution in [0.3, 0.4) is 0 Å². The standard InChI is InChI=1S/C71H54N4OSi.Pt/c1-50-44-53(51-24-9-5-10-25-51)48-72-70(50)75-65-39-18-17-36-62(65)63-43-42-56(47-68(63)75)76-55-28-22-27-54(46-55)73-49-74(67-41-20-19-40-66(67)73)69-61(37-23-38-64(69)71(2,3)4)52-26-21-35-60(45-52)77(57-29-11-6-12-30-57,58-31-13-7-14-32-58)59-33-15-8-16-34-59;/h5-45,48H,1-4H3;/q-2;/i1D3,5D,6D,7D,8D,9D,10D,11D,12D,13D,14D,15D,16D,21D,24D,25D,26D,29D,30D,31D,32D,33D,34D,35D,45D;. The molecule has 7 heteroatoms. The van der Waals surface area contributed by atoms with E-state index >= 15 is 0 Å². The second-order valence-corrected chi connectivity index (χ2v) is 22.2. The van der Waals surface area contributed by atoms with Crippen LogP contribution in [0.25, 0.3) is 72.3 Å². The molecule has 0 saturated heterocycles. The number of rotatable bonds is 11. The number of imidazole rings is 1. The van der Waals surface area contributed by atoms with Crippen LogP contribution in [0, 0.1) is 25.3 Å². The number of benzene rings is 10. The average molecular weight is 1230 g/mol. The molecule has 13 rings (SSSR count). The van der Waals surface area contributed by atoms with Gasteiger partial charge < -0.3 is 13.9 Å². The van der Waals surface area contributed by atoms with Crippen LogP contribution in [0.15, 0.2) is 254 Å². The van der Waals surface area contributed by atoms with E-state index in [9.17, 15) is 13.7 Å². The number of pyridine rings is 1. The molecule has 5 nitrogen and oxygen atoms in total. The Morgan fingerprint density at radius 3 is 1.88 bits per heavy atom. The number of ether oxygens (including phenoxy) is 1. The summed E-state index contributed by atoms with van der Waals surface area (Å²) in [5, 5.41) is -2.56. The molecule has 0 aliphatic carbocycles. The van der Waals surface area contributed by atoms with Gasteiger partial charge in [0, 0.05) is 54.0 Å². The van der Waals surface area contributed by atoms with Gasteiger partial charge in [0.2, 0.25) is 0 Å². The number of aromatic nitrogens is 4. The summed E-state index contributed by atoms with van der Waals surface area (Å²) in [7, 11) is -6.23. The molecule has 0 aliphatic heterocycles. The van der Waals surface area contributed by atoms with E-state index in [1.807, 2.05) is 26.8 Å². The monoisotopic (exact) mass is 1230 g/mol. The van der Waals surface area contributed by atoms with Crippen LogP contribution < -0.4 is 30.1 Å². The van der Waals surface area contributed by atoms with Gasteiger partial charge >= 0.3 is 0 Å². The van der Waals surface area contributed by atoms with Crippen LogP contribution in [-0.2, 0) is 26.5 Å². The van der Waals surface area contributed by atoms with Gasteiger partial charge in [-0.1, -0.05) is 232 Å². The van der Waals surface area contributed by atoms with Gasteiger partial charge in [-0.2, -0.15) is 18.2 Å². The first-order valence-corrected chi connectivity index (χ1v) is 26.1. The van der Waals surface area contributed by atoms with Crippen molar-refractivity contribution in [1.82, 2.24) is 14.1 Å². The van der Waals surface area contributed by atoms with E-state index in [4.69, 9.17) is 28.0 Å². The van der Waals surface area contributed by atoms with Crippen molar-refractivity contribution in [2.24, 2.45) is 0 Å². The Balaban J connectivity index is 0.0000104. The zero-order valence-corrected chi connectivity index (χ0v) is 44.7. The quantitative estimate of drug-likeness (QED) is 0.0560. The van der Waals surface area contributed by atoms with E-state index < -0.39 is 192 Å². The maximum atomic E-state index is 10.7. The first kappa shape index (κ1) is 28.1. The molecule has 0 radical (unpaired) electrons. The zero-order valence-electron chi connectivity index (χ0n) is 68.4. The van der Waals surface area contributed by atoms with Crippen molar-refractivity contribution in [1.29, 1.82) is 0 Å². The van der Waals surface area contributed by atoms with Crippen LogP contribution in [-0.4, -0.2) is 22.2 Å². The Bertz CT molecular complexity index is 5630. The Kier molecular flexibility index (Phi) is 7.46. The molecule has 3 heterocycles. The smallest absolute Gasteiger partial charge is 0.268 e. The number of aryl methyl sites for hydroxylation is 1. The Morgan fingerprint density at radius 2 is 1.19 bits per heavy atom. The van der Waals surface area contributed by atoms with Crippen molar-refractivity contribution >= 4 is 61.7 Å². The fourth-order valence-corrected chi connectivity index (χ4v) is 13.4. The SMILES string of the molecule is [2H]c1c([2H])c([2H])c(-c2cnc(-n3c4[c-]c(Oc5[c-]c(-n6[c-][n+](-c7c(-c8c([2H])c([2H])c([2H])c([Si](c9c([2H])c([2H])c([2H])c([2H])c9[2H])(c9c([2H])c([2H])c([2H])c([2H])c9[2H])c9c([2H])c([2H])c([2H])c([2H])c9[2H])c8[2H])cccc7C(C)(C)C)c7ccccc76)ccc5)ccc4c4ccccc43)c(C([2H])([2H])[2H])c2)c([2H])c1[2H].[Pt]. The molecule has 10 aromatic carbocycles. The fourth-order valence-electron chi connectivity index (χ4n) is 9.79. The molecule has 0 N–H and O–H groups in total. The normalized spacial score (nSPS) is 16.8. The molecule has 0 unspecified atom stereocenters. The molecule has 0 saturated carbocycles. The minimum Gasteiger partial charge on any atom is -0.510 e. The molecule has 78 heavy (non-hydrogen) atoms. The van der Waals surface area contributed by atoms with Crippen LogP contribution in [0.5, 0.6) is 11.5 Å². The molecule has 0 aliphatic rings. The van der Waals surface area contributed by atoms with Gasteiger partial charge in [0.05, 0.1) is 49.6 Å². The Morgan fingerprint density at radius 1 is 0.577 bits per heavy atom. The molecule has 0 bridgehead atoms. The minimum absolute atomic E-state index is 0. The van der Waals surface area contributed by atoms with Gasteiger partial charge in [0.15, 0.2) is 8.07 Å². The molecule has 0 spiro atoms. The van der Waals surface area contributed by atoms with Crippen LogP contribution in [0.4, 0.5) is 0 Å². The van der Waals surface area contributed by atoms with Gasteiger partial charge in [-0.15, -0.1) is 29.7 Å². The third-order valence-corrected chi connectivity index (χ3v) is 17.2. The number of nitrogens with zero attached hydrogens (tertiary/aromatic N) is 4. The third-order valence-electron chi connectivity index (χ3n) is 13.2. The zero-order chi connectivity index (χ0) is 75.5. The minimum atomic E-state index is -6.23. The fraction of sp³-hybridized carbons (Fsp3) is 0.0704. The van der Waals surface area contributed by atoms with Crippen molar-refractivity contribution < 1.29 is 67.4 Å². The van der Waals surface area contributed by atoms with Gasteiger partial charge in [-0.05, 0) is 84.0 Å². The number of fused-ring (bicyclic) bond motifs is 4. The van der Waals surface area contributed by atoms with Gasteiger partial charge in [-0.25, -0.2) is 4.98 Å². The largest absolute Gasteiger partial charge is 0.510 e. The van der Waals surface area contributed by atoms with Gasteiger partial charge in [-0.3, -0.25) is 4.57 Å². The van der Waals surface area contributed by atoms with Crippen LogP contribution in [0.2, 0.25) is 0 Å². The molecule has 3 aromatic heterocycles. The molecule has 380 valence electrons. The van der Waals surface area contributed by atoms with Crippen molar-refractivity contribution in [3.63, 3.8) is 0 Å². The number of hydrogen-bond acceptors (Lipinski definition) is 2. The summed E-state index contributed by atoms with van der Waals surface area (Å²) in [5.41, 5.74) is 0.752. The van der Waals surface area contributed by atoms with Crippen molar-refractivity contribution in [3.05, 3.63) is 284 Å². The van der Waals surface area contributed by atoms with E-state index in [1.54, 1.807) is 98.6 Å². The predicted molar refractivity (Wildman–Crippen MR) is 318 cm³/mol. The van der Waals surface area contributed by atoms with Crippen LogP contribution >= 0.6 is 0 Å². The van der Waals surface area contributed by atoms with E-state index in [0.29, 0.717) is 44.1 Å². The topological polar surface area (TPSA) is 35.9 Å². The van der Waals surface area contributed by atoms with E-state index in [-0.39, 0.29) is 66.3 Å². The Hall–Kier alpha value is -8.67. The van der Waals surface area contributed by atoms with Gasteiger partial charge in [0.25, 0.3) is 6.33 Å². The summed E-state index contributed by atoms with van der Waals surface area (Å²) >= 11 is 0. The second kappa shape index (κ2) is 20.7. The van der Waals surface area contributed by atoms with E-state index in [0.717, 1.165) is 0 Å². The summed E-state index contributed by atoms with van der Waals surface area (Å²) in [6.07, 6.45) is 4.69. The van der Waals surface area contributed by atoms with Crippen molar-refractivity contribution in [3.8, 4) is 50.9 Å². The summed E-state index contributed by atoms with van der Waals surface area (Å²) in [5.74, 6) is 0.195.